The summed E-state index contributed by atoms with van der Waals surface area (Å²) in [5.41, 5.74) is 6.04. The van der Waals surface area contributed by atoms with Crippen molar-refractivity contribution in [3.8, 4) is 0 Å². The van der Waals surface area contributed by atoms with Gasteiger partial charge in [-0.2, -0.15) is 0 Å². The van der Waals surface area contributed by atoms with Gasteiger partial charge in [-0.25, -0.2) is 4.79 Å². The lowest BCUT2D eigenvalue weighted by Gasteiger charge is -2.35. The summed E-state index contributed by atoms with van der Waals surface area (Å²) in [5, 5.41) is 3.06. The van der Waals surface area contributed by atoms with E-state index in [0.717, 1.165) is 37.3 Å². The Labute approximate surface area is 175 Å². The number of amides is 2. The highest BCUT2D eigenvalue weighted by Gasteiger charge is 2.23. The molecule has 0 aliphatic carbocycles. The quantitative estimate of drug-likeness (QED) is 0.747. The summed E-state index contributed by atoms with van der Waals surface area (Å²) < 4.78 is 0. The zero-order valence-electron chi connectivity index (χ0n) is 18.4. The predicted molar refractivity (Wildman–Crippen MR) is 122 cm³/mol. The first-order valence-corrected chi connectivity index (χ1v) is 10.8. The minimum Gasteiger partial charge on any atom is -0.327 e. The van der Waals surface area contributed by atoms with Gasteiger partial charge in [-0.3, -0.25) is 0 Å². The maximum Gasteiger partial charge on any atom is 0.321 e. The number of benzene rings is 2. The largest absolute Gasteiger partial charge is 0.327 e. The van der Waals surface area contributed by atoms with Crippen molar-refractivity contribution in [3.63, 3.8) is 0 Å². The van der Waals surface area contributed by atoms with Gasteiger partial charge in [-0.05, 0) is 75.3 Å². The fraction of sp³-hybridized carbons (Fsp3) is 0.480. The Morgan fingerprint density at radius 1 is 1.14 bits per heavy atom. The van der Waals surface area contributed by atoms with Gasteiger partial charge in [0.15, 0.2) is 0 Å². The van der Waals surface area contributed by atoms with Crippen LogP contribution in [-0.4, -0.2) is 49.1 Å². The summed E-state index contributed by atoms with van der Waals surface area (Å²) in [6, 6.07) is 14.8. The summed E-state index contributed by atoms with van der Waals surface area (Å²) in [6.07, 6.45) is 3.51. The minimum atomic E-state index is -0.0195. The SMILES string of the molecule is Cc1ccc(NC(=O)N(C)C[C@H]2CCCN(CCc3ccccc3C)C2)c(C)c1. The fourth-order valence-electron chi connectivity index (χ4n) is 4.31. The zero-order valence-corrected chi connectivity index (χ0v) is 18.4. The monoisotopic (exact) mass is 393 g/mol. The Hall–Kier alpha value is -2.33. The van der Waals surface area contributed by atoms with Crippen molar-refractivity contribution < 1.29 is 4.79 Å². The van der Waals surface area contributed by atoms with Gasteiger partial charge < -0.3 is 15.1 Å². The second-order valence-electron chi connectivity index (χ2n) is 8.61. The predicted octanol–water partition coefficient (Wildman–Crippen LogP) is 5.03. The molecule has 2 amide bonds. The van der Waals surface area contributed by atoms with E-state index in [1.165, 1.54) is 36.1 Å². The van der Waals surface area contributed by atoms with Crippen molar-refractivity contribution in [2.24, 2.45) is 5.92 Å². The highest BCUT2D eigenvalue weighted by atomic mass is 16.2. The third-order valence-corrected chi connectivity index (χ3v) is 6.06. The molecule has 2 aromatic rings. The van der Waals surface area contributed by atoms with E-state index in [1.54, 1.807) is 0 Å². The Kier molecular flexibility index (Phi) is 7.32. The molecular formula is C25H35N3O. The van der Waals surface area contributed by atoms with E-state index < -0.39 is 0 Å². The molecule has 1 fully saturated rings. The maximum absolute atomic E-state index is 12.7. The van der Waals surface area contributed by atoms with Crippen molar-refractivity contribution in [2.75, 3.05) is 38.5 Å². The molecule has 1 aliphatic rings. The molecular weight excluding hydrogens is 358 g/mol. The van der Waals surface area contributed by atoms with E-state index >= 15 is 0 Å². The lowest BCUT2D eigenvalue weighted by Crippen LogP contribution is -2.43. The highest BCUT2D eigenvalue weighted by Crippen LogP contribution is 2.20. The van der Waals surface area contributed by atoms with E-state index in [1.807, 2.05) is 31.0 Å². The van der Waals surface area contributed by atoms with Gasteiger partial charge in [0.1, 0.15) is 0 Å². The van der Waals surface area contributed by atoms with Gasteiger partial charge in [0, 0.05) is 32.4 Å². The minimum absolute atomic E-state index is 0.0195. The molecule has 0 saturated carbocycles. The summed E-state index contributed by atoms with van der Waals surface area (Å²) in [6.45, 7) is 10.4. The smallest absolute Gasteiger partial charge is 0.321 e. The molecule has 1 N–H and O–H groups in total. The Balaban J connectivity index is 1.48. The third-order valence-electron chi connectivity index (χ3n) is 6.06. The molecule has 0 aromatic heterocycles. The lowest BCUT2D eigenvalue weighted by molar-refractivity contribution is 0.150. The van der Waals surface area contributed by atoms with Gasteiger partial charge in [-0.1, -0.05) is 42.0 Å². The van der Waals surface area contributed by atoms with E-state index in [2.05, 4.69) is 54.4 Å². The van der Waals surface area contributed by atoms with Gasteiger partial charge in [0.2, 0.25) is 0 Å². The first kappa shape index (κ1) is 21.4. The molecule has 4 heteroatoms. The topological polar surface area (TPSA) is 35.6 Å². The number of hydrogen-bond acceptors (Lipinski definition) is 2. The van der Waals surface area contributed by atoms with E-state index in [9.17, 15) is 4.79 Å². The number of rotatable bonds is 6. The number of carbonyl (C=O) groups excluding carboxylic acids is 1. The number of nitrogens with one attached hydrogen (secondary N) is 1. The zero-order chi connectivity index (χ0) is 20.8. The van der Waals surface area contributed by atoms with Crippen LogP contribution in [0, 0.1) is 26.7 Å². The van der Waals surface area contributed by atoms with E-state index in [4.69, 9.17) is 0 Å². The molecule has 0 bridgehead atoms. The van der Waals surface area contributed by atoms with Gasteiger partial charge in [0.05, 0.1) is 0 Å². The number of nitrogens with zero attached hydrogens (tertiary/aromatic N) is 2. The number of anilines is 1. The average Bonchev–Trinajstić information content (AvgIpc) is 2.69. The van der Waals surface area contributed by atoms with Crippen LogP contribution in [0.2, 0.25) is 0 Å². The Bertz CT molecular complexity index is 833. The standard InChI is InChI=1S/C25H35N3O/c1-19-11-12-24(21(3)16-19)26-25(29)27(4)17-22-9-7-14-28(18-22)15-13-23-10-6-5-8-20(23)2/h5-6,8,10-12,16,22H,7,9,13-15,17-18H2,1-4H3,(H,26,29)/t22-/m1/s1. The number of piperidine rings is 1. The summed E-state index contributed by atoms with van der Waals surface area (Å²) in [5.74, 6) is 0.537. The molecule has 0 radical (unpaired) electrons. The van der Waals surface area contributed by atoms with Gasteiger partial charge >= 0.3 is 6.03 Å². The second-order valence-corrected chi connectivity index (χ2v) is 8.61. The molecule has 29 heavy (non-hydrogen) atoms. The second kappa shape index (κ2) is 9.93. The molecule has 0 unspecified atom stereocenters. The van der Waals surface area contributed by atoms with Crippen LogP contribution in [-0.2, 0) is 6.42 Å². The number of likely N-dealkylation sites (tertiary alicyclic amines) is 1. The summed E-state index contributed by atoms with van der Waals surface area (Å²) in [7, 11) is 1.91. The molecule has 1 aliphatic heterocycles. The molecule has 1 atom stereocenters. The van der Waals surface area contributed by atoms with Crippen molar-refractivity contribution in [3.05, 3.63) is 64.7 Å². The molecule has 4 nitrogen and oxygen atoms in total. The van der Waals surface area contributed by atoms with Gasteiger partial charge in [-0.15, -0.1) is 0 Å². The number of carbonyl (C=O) groups is 1. The van der Waals surface area contributed by atoms with Crippen molar-refractivity contribution in [2.45, 2.75) is 40.0 Å². The van der Waals surface area contributed by atoms with Crippen LogP contribution in [0.5, 0.6) is 0 Å². The highest BCUT2D eigenvalue weighted by molar-refractivity contribution is 5.90. The van der Waals surface area contributed by atoms with Crippen LogP contribution < -0.4 is 5.32 Å². The van der Waals surface area contributed by atoms with E-state index in [0.29, 0.717) is 5.92 Å². The first-order valence-electron chi connectivity index (χ1n) is 10.8. The van der Waals surface area contributed by atoms with Crippen LogP contribution in [0.4, 0.5) is 10.5 Å². The first-order chi connectivity index (χ1) is 13.9. The van der Waals surface area contributed by atoms with Gasteiger partial charge in [0.25, 0.3) is 0 Å². The normalized spacial score (nSPS) is 17.2. The molecule has 1 saturated heterocycles. The molecule has 156 valence electrons. The maximum atomic E-state index is 12.7. The van der Waals surface area contributed by atoms with Crippen LogP contribution in [0.1, 0.15) is 35.1 Å². The van der Waals surface area contributed by atoms with Crippen molar-refractivity contribution >= 4 is 11.7 Å². The molecule has 2 aromatic carbocycles. The van der Waals surface area contributed by atoms with Crippen LogP contribution in [0.25, 0.3) is 0 Å². The Morgan fingerprint density at radius 2 is 1.93 bits per heavy atom. The molecule has 1 heterocycles. The lowest BCUT2D eigenvalue weighted by atomic mass is 9.97. The summed E-state index contributed by atoms with van der Waals surface area (Å²) >= 11 is 0. The molecule has 0 spiro atoms. The number of hydrogen-bond donors (Lipinski definition) is 1. The summed E-state index contributed by atoms with van der Waals surface area (Å²) in [4.78, 5) is 17.1. The third kappa shape index (κ3) is 6.07. The van der Waals surface area contributed by atoms with E-state index in [-0.39, 0.29) is 6.03 Å². The number of urea groups is 1. The Morgan fingerprint density at radius 3 is 2.69 bits per heavy atom. The number of aryl methyl sites for hydroxylation is 3. The van der Waals surface area contributed by atoms with Crippen molar-refractivity contribution in [1.29, 1.82) is 0 Å². The van der Waals surface area contributed by atoms with Crippen LogP contribution >= 0.6 is 0 Å². The average molecular weight is 394 g/mol. The van der Waals surface area contributed by atoms with Crippen LogP contribution in [0.3, 0.4) is 0 Å². The van der Waals surface area contributed by atoms with Crippen LogP contribution in [0.15, 0.2) is 42.5 Å². The fourth-order valence-corrected chi connectivity index (χ4v) is 4.31. The van der Waals surface area contributed by atoms with Crippen molar-refractivity contribution in [1.82, 2.24) is 9.80 Å². The molecule has 3 rings (SSSR count).